The number of aromatic nitrogens is 1. The molecule has 0 saturated carbocycles. The number of amides is 1. The quantitative estimate of drug-likeness (QED) is 0.865. The van der Waals surface area contributed by atoms with Gasteiger partial charge in [0.1, 0.15) is 0 Å². The molecule has 1 aliphatic carbocycles. The molecule has 1 unspecified atom stereocenters. The Morgan fingerprint density at radius 3 is 2.88 bits per heavy atom. The molecule has 2 rings (SSSR count). The van der Waals surface area contributed by atoms with E-state index in [0.29, 0.717) is 12.8 Å². The van der Waals surface area contributed by atoms with Crippen LogP contribution in [0, 0.1) is 6.92 Å². The predicted molar refractivity (Wildman–Crippen MR) is 65.0 cm³/mol. The normalized spacial score (nSPS) is 16.7. The first-order valence-corrected chi connectivity index (χ1v) is 6.03. The van der Waals surface area contributed by atoms with Gasteiger partial charge in [0.15, 0.2) is 5.78 Å². The highest BCUT2D eigenvalue weighted by Crippen LogP contribution is 2.28. The van der Waals surface area contributed by atoms with Crippen molar-refractivity contribution < 1.29 is 9.59 Å². The molecule has 1 aromatic heterocycles. The van der Waals surface area contributed by atoms with Gasteiger partial charge in [-0.2, -0.15) is 0 Å². The summed E-state index contributed by atoms with van der Waals surface area (Å²) >= 11 is 0. The standard InChI is InChI=1S/C13H18N2O2/c1-8-6-10-11(4-3-5-12(10)16)15(8)9(2)7-13(14)17/h6,9H,3-5,7H2,1-2H3,(H2,14,17). The third kappa shape index (κ3) is 2.12. The summed E-state index contributed by atoms with van der Waals surface area (Å²) in [5.74, 6) is -0.0825. The Balaban J connectivity index is 2.40. The lowest BCUT2D eigenvalue weighted by atomic mass is 9.96. The third-order valence-electron chi connectivity index (χ3n) is 3.39. The zero-order valence-corrected chi connectivity index (χ0v) is 10.3. The van der Waals surface area contributed by atoms with E-state index < -0.39 is 0 Å². The molecule has 0 aliphatic heterocycles. The number of carbonyl (C=O) groups excluding carboxylic acids is 2. The van der Waals surface area contributed by atoms with E-state index in [0.717, 1.165) is 29.8 Å². The Morgan fingerprint density at radius 2 is 2.24 bits per heavy atom. The third-order valence-corrected chi connectivity index (χ3v) is 3.39. The van der Waals surface area contributed by atoms with Crippen LogP contribution in [-0.4, -0.2) is 16.3 Å². The van der Waals surface area contributed by atoms with Crippen molar-refractivity contribution in [2.45, 2.75) is 45.6 Å². The number of carbonyl (C=O) groups is 2. The van der Waals surface area contributed by atoms with Gasteiger partial charge in [-0.1, -0.05) is 0 Å². The van der Waals surface area contributed by atoms with Gasteiger partial charge >= 0.3 is 0 Å². The van der Waals surface area contributed by atoms with Crippen molar-refractivity contribution in [3.05, 3.63) is 23.0 Å². The summed E-state index contributed by atoms with van der Waals surface area (Å²) in [7, 11) is 0. The molecule has 0 fully saturated rings. The molecule has 1 heterocycles. The predicted octanol–water partition coefficient (Wildman–Crippen LogP) is 1.75. The van der Waals surface area contributed by atoms with Gasteiger partial charge in [0, 0.05) is 35.8 Å². The minimum atomic E-state index is -0.304. The molecule has 1 amide bonds. The average molecular weight is 234 g/mol. The van der Waals surface area contributed by atoms with Crippen LogP contribution in [0.25, 0.3) is 0 Å². The maximum Gasteiger partial charge on any atom is 0.219 e. The molecule has 0 aromatic carbocycles. The average Bonchev–Trinajstić information content (AvgIpc) is 2.55. The fourth-order valence-corrected chi connectivity index (χ4v) is 2.75. The van der Waals surface area contributed by atoms with E-state index >= 15 is 0 Å². The van der Waals surface area contributed by atoms with Crippen molar-refractivity contribution in [3.8, 4) is 0 Å². The van der Waals surface area contributed by atoms with Gasteiger partial charge in [-0.25, -0.2) is 0 Å². The first kappa shape index (κ1) is 11.9. The second kappa shape index (κ2) is 4.35. The van der Waals surface area contributed by atoms with Crippen LogP contribution < -0.4 is 5.73 Å². The first-order valence-electron chi connectivity index (χ1n) is 6.03. The van der Waals surface area contributed by atoms with E-state index in [1.165, 1.54) is 0 Å². The minimum Gasteiger partial charge on any atom is -0.370 e. The highest BCUT2D eigenvalue weighted by Gasteiger charge is 2.24. The van der Waals surface area contributed by atoms with Crippen LogP contribution in [0.2, 0.25) is 0 Å². The number of nitrogens with two attached hydrogens (primary N) is 1. The summed E-state index contributed by atoms with van der Waals surface area (Å²) < 4.78 is 2.09. The highest BCUT2D eigenvalue weighted by molar-refractivity contribution is 5.98. The lowest BCUT2D eigenvalue weighted by Gasteiger charge is -2.21. The largest absolute Gasteiger partial charge is 0.370 e. The first-order chi connectivity index (χ1) is 8.00. The maximum atomic E-state index is 11.8. The molecular weight excluding hydrogens is 216 g/mol. The number of primary amides is 1. The SMILES string of the molecule is Cc1cc2c(n1C(C)CC(N)=O)CCCC2=O. The van der Waals surface area contributed by atoms with Crippen molar-refractivity contribution >= 4 is 11.7 Å². The summed E-state index contributed by atoms with van der Waals surface area (Å²) in [6.45, 7) is 3.94. The summed E-state index contributed by atoms with van der Waals surface area (Å²) in [5, 5.41) is 0. The maximum absolute atomic E-state index is 11.8. The van der Waals surface area contributed by atoms with Crippen molar-refractivity contribution in [2.75, 3.05) is 0 Å². The van der Waals surface area contributed by atoms with Crippen LogP contribution in [-0.2, 0) is 11.2 Å². The molecule has 0 saturated heterocycles. The van der Waals surface area contributed by atoms with Gasteiger partial charge in [0.25, 0.3) is 0 Å². The molecule has 1 aromatic rings. The monoisotopic (exact) mass is 234 g/mol. The second-order valence-corrected chi connectivity index (χ2v) is 4.81. The van der Waals surface area contributed by atoms with E-state index in [4.69, 9.17) is 5.73 Å². The molecule has 4 heteroatoms. The van der Waals surface area contributed by atoms with E-state index in [9.17, 15) is 9.59 Å². The van der Waals surface area contributed by atoms with Crippen LogP contribution in [0.5, 0.6) is 0 Å². The summed E-state index contributed by atoms with van der Waals surface area (Å²) in [6, 6.07) is 1.97. The summed E-state index contributed by atoms with van der Waals surface area (Å²) in [4.78, 5) is 22.8. The number of hydrogen-bond donors (Lipinski definition) is 1. The van der Waals surface area contributed by atoms with E-state index in [-0.39, 0.29) is 17.7 Å². The zero-order valence-electron chi connectivity index (χ0n) is 10.3. The molecule has 0 radical (unpaired) electrons. The smallest absolute Gasteiger partial charge is 0.219 e. The Morgan fingerprint density at radius 1 is 1.53 bits per heavy atom. The number of Topliss-reactive ketones (excluding diaryl/α,β-unsaturated/α-hetero) is 1. The highest BCUT2D eigenvalue weighted by atomic mass is 16.1. The second-order valence-electron chi connectivity index (χ2n) is 4.81. The number of fused-ring (bicyclic) bond motifs is 1. The van der Waals surface area contributed by atoms with Crippen molar-refractivity contribution in [1.29, 1.82) is 0 Å². The molecule has 1 atom stereocenters. The van der Waals surface area contributed by atoms with Gasteiger partial charge in [-0.05, 0) is 32.8 Å². The molecule has 0 spiro atoms. The summed E-state index contributed by atoms with van der Waals surface area (Å²) in [6.07, 6.45) is 2.77. The van der Waals surface area contributed by atoms with Crippen LogP contribution in [0.4, 0.5) is 0 Å². The molecule has 4 nitrogen and oxygen atoms in total. The van der Waals surface area contributed by atoms with Gasteiger partial charge in [0.2, 0.25) is 5.91 Å². The van der Waals surface area contributed by atoms with E-state index in [1.54, 1.807) is 0 Å². The van der Waals surface area contributed by atoms with Crippen LogP contribution in [0.15, 0.2) is 6.07 Å². The van der Waals surface area contributed by atoms with Crippen molar-refractivity contribution in [2.24, 2.45) is 5.73 Å². The fraction of sp³-hybridized carbons (Fsp3) is 0.538. The Labute approximate surface area is 101 Å². The van der Waals surface area contributed by atoms with E-state index in [1.807, 2.05) is 19.9 Å². The van der Waals surface area contributed by atoms with Gasteiger partial charge < -0.3 is 10.3 Å². The van der Waals surface area contributed by atoms with Gasteiger partial charge in [-0.15, -0.1) is 0 Å². The molecule has 0 bridgehead atoms. The topological polar surface area (TPSA) is 65.1 Å². The Hall–Kier alpha value is -1.58. The molecular formula is C13H18N2O2. The van der Waals surface area contributed by atoms with Crippen LogP contribution in [0.1, 0.15) is 54.0 Å². The zero-order chi connectivity index (χ0) is 12.6. The molecule has 2 N–H and O–H groups in total. The van der Waals surface area contributed by atoms with Crippen molar-refractivity contribution in [3.63, 3.8) is 0 Å². The summed E-state index contributed by atoms with van der Waals surface area (Å²) in [5.41, 5.74) is 8.19. The lowest BCUT2D eigenvalue weighted by molar-refractivity contribution is -0.118. The Kier molecular flexibility index (Phi) is 3.05. The fourth-order valence-electron chi connectivity index (χ4n) is 2.75. The number of hydrogen-bond acceptors (Lipinski definition) is 2. The van der Waals surface area contributed by atoms with Gasteiger partial charge in [-0.3, -0.25) is 9.59 Å². The number of aryl methyl sites for hydroxylation is 1. The van der Waals surface area contributed by atoms with Gasteiger partial charge in [0.05, 0.1) is 0 Å². The number of nitrogens with zero attached hydrogens (tertiary/aromatic N) is 1. The lowest BCUT2D eigenvalue weighted by Crippen LogP contribution is -2.21. The Bertz CT molecular complexity index is 474. The molecule has 1 aliphatic rings. The van der Waals surface area contributed by atoms with Crippen LogP contribution >= 0.6 is 0 Å². The number of ketones is 1. The minimum absolute atomic E-state index is 0.0298. The molecule has 17 heavy (non-hydrogen) atoms. The van der Waals surface area contributed by atoms with E-state index in [2.05, 4.69) is 4.57 Å². The van der Waals surface area contributed by atoms with Crippen molar-refractivity contribution in [1.82, 2.24) is 4.57 Å². The molecule has 92 valence electrons. The number of rotatable bonds is 3. The van der Waals surface area contributed by atoms with Crippen LogP contribution in [0.3, 0.4) is 0 Å².